The fourth-order valence-electron chi connectivity index (χ4n) is 1.44. The third-order valence-corrected chi connectivity index (χ3v) is 2.04. The van der Waals surface area contributed by atoms with E-state index in [1.54, 1.807) is 7.11 Å². The molecular weight excluding hydrogens is 182 g/mol. The largest absolute Gasteiger partial charge is 0.493 e. The molecule has 0 radical (unpaired) electrons. The molecule has 0 atom stereocenters. The second-order valence-corrected chi connectivity index (χ2v) is 2.94. The highest BCUT2D eigenvalue weighted by Crippen LogP contribution is 2.43. The Morgan fingerprint density at radius 2 is 2.29 bits per heavy atom. The normalized spacial score (nSPS) is 12.7. The molecule has 4 heteroatoms. The van der Waals surface area contributed by atoms with E-state index in [-0.39, 0.29) is 6.79 Å². The van der Waals surface area contributed by atoms with Crippen molar-refractivity contribution in [3.8, 4) is 17.2 Å². The summed E-state index contributed by atoms with van der Waals surface area (Å²) >= 11 is 0. The topological polar surface area (TPSA) is 39.7 Å². The van der Waals surface area contributed by atoms with Crippen molar-refractivity contribution in [3.05, 3.63) is 12.1 Å². The molecule has 1 heterocycles. The van der Waals surface area contributed by atoms with Crippen molar-refractivity contribution in [1.29, 1.82) is 0 Å². The van der Waals surface area contributed by atoms with Crippen molar-refractivity contribution in [1.82, 2.24) is 0 Å². The number of hydrogen-bond donors (Lipinski definition) is 1. The van der Waals surface area contributed by atoms with Crippen LogP contribution in [0.4, 0.5) is 5.69 Å². The summed E-state index contributed by atoms with van der Waals surface area (Å²) in [4.78, 5) is 0. The van der Waals surface area contributed by atoms with Gasteiger partial charge in [-0.25, -0.2) is 0 Å². The highest BCUT2D eigenvalue weighted by Gasteiger charge is 2.19. The summed E-state index contributed by atoms with van der Waals surface area (Å²) in [7, 11) is 1.62. The van der Waals surface area contributed by atoms with Gasteiger partial charge in [0.2, 0.25) is 12.5 Å². The third kappa shape index (κ3) is 1.43. The molecule has 0 saturated heterocycles. The van der Waals surface area contributed by atoms with Crippen LogP contribution in [-0.4, -0.2) is 20.4 Å². The van der Waals surface area contributed by atoms with Gasteiger partial charge in [-0.2, -0.15) is 0 Å². The first-order valence-electron chi connectivity index (χ1n) is 4.56. The lowest BCUT2D eigenvalue weighted by Crippen LogP contribution is -1.97. The highest BCUT2D eigenvalue weighted by molar-refractivity contribution is 5.63. The van der Waals surface area contributed by atoms with Crippen LogP contribution in [0.5, 0.6) is 17.2 Å². The van der Waals surface area contributed by atoms with Crippen LogP contribution in [-0.2, 0) is 0 Å². The lowest BCUT2D eigenvalue weighted by molar-refractivity contribution is 0.171. The van der Waals surface area contributed by atoms with Gasteiger partial charge in [-0.3, -0.25) is 0 Å². The summed E-state index contributed by atoms with van der Waals surface area (Å²) in [6.45, 7) is 3.17. The van der Waals surface area contributed by atoms with Crippen molar-refractivity contribution >= 4 is 5.69 Å². The molecule has 0 spiro atoms. The molecule has 0 amide bonds. The fraction of sp³-hybridized carbons (Fsp3) is 0.400. The molecule has 1 aliphatic heterocycles. The van der Waals surface area contributed by atoms with Crippen LogP contribution < -0.4 is 19.5 Å². The SMILES string of the molecule is CCNc1cc(OC)c2c(c1)OCO2. The van der Waals surface area contributed by atoms with Gasteiger partial charge in [0.1, 0.15) is 0 Å². The van der Waals surface area contributed by atoms with E-state index >= 15 is 0 Å². The van der Waals surface area contributed by atoms with Gasteiger partial charge >= 0.3 is 0 Å². The predicted molar refractivity (Wildman–Crippen MR) is 53.3 cm³/mol. The van der Waals surface area contributed by atoms with Crippen molar-refractivity contribution in [2.75, 3.05) is 25.8 Å². The molecule has 4 nitrogen and oxygen atoms in total. The molecule has 0 aromatic heterocycles. The molecule has 14 heavy (non-hydrogen) atoms. The lowest BCUT2D eigenvalue weighted by atomic mass is 10.2. The zero-order valence-corrected chi connectivity index (χ0v) is 8.29. The molecule has 0 aliphatic carbocycles. The Bertz CT molecular complexity index is 338. The van der Waals surface area contributed by atoms with Gasteiger partial charge in [-0.1, -0.05) is 0 Å². The van der Waals surface area contributed by atoms with Crippen molar-refractivity contribution in [2.45, 2.75) is 6.92 Å². The van der Waals surface area contributed by atoms with Crippen LogP contribution in [0, 0.1) is 0 Å². The first-order valence-corrected chi connectivity index (χ1v) is 4.56. The molecule has 1 aromatic carbocycles. The lowest BCUT2D eigenvalue weighted by Gasteiger charge is -2.08. The molecule has 0 saturated carbocycles. The minimum Gasteiger partial charge on any atom is -0.493 e. The van der Waals surface area contributed by atoms with E-state index in [9.17, 15) is 0 Å². The maximum absolute atomic E-state index is 5.29. The third-order valence-electron chi connectivity index (χ3n) is 2.04. The number of hydrogen-bond acceptors (Lipinski definition) is 4. The van der Waals surface area contributed by atoms with Crippen molar-refractivity contribution < 1.29 is 14.2 Å². The molecule has 1 aromatic rings. The zero-order valence-electron chi connectivity index (χ0n) is 8.29. The Hall–Kier alpha value is -1.58. The van der Waals surface area contributed by atoms with Crippen LogP contribution in [0.2, 0.25) is 0 Å². The predicted octanol–water partition coefficient (Wildman–Crippen LogP) is 1.86. The minimum atomic E-state index is 0.265. The molecule has 2 rings (SSSR count). The van der Waals surface area contributed by atoms with Gasteiger partial charge in [0.25, 0.3) is 0 Å². The van der Waals surface area contributed by atoms with Crippen LogP contribution >= 0.6 is 0 Å². The quantitative estimate of drug-likeness (QED) is 0.799. The van der Waals surface area contributed by atoms with E-state index in [1.807, 2.05) is 19.1 Å². The van der Waals surface area contributed by atoms with Crippen LogP contribution in [0.1, 0.15) is 6.92 Å². The summed E-state index contributed by atoms with van der Waals surface area (Å²) < 4.78 is 15.8. The monoisotopic (exact) mass is 195 g/mol. The van der Waals surface area contributed by atoms with E-state index in [2.05, 4.69) is 5.32 Å². The number of fused-ring (bicyclic) bond motifs is 1. The molecule has 1 aliphatic rings. The van der Waals surface area contributed by atoms with E-state index in [0.717, 1.165) is 18.0 Å². The number of benzene rings is 1. The van der Waals surface area contributed by atoms with E-state index in [0.29, 0.717) is 11.5 Å². The Morgan fingerprint density at radius 3 is 3.00 bits per heavy atom. The number of methoxy groups -OCH3 is 1. The van der Waals surface area contributed by atoms with Crippen molar-refractivity contribution in [3.63, 3.8) is 0 Å². The number of ether oxygens (including phenoxy) is 3. The van der Waals surface area contributed by atoms with Gasteiger partial charge < -0.3 is 19.5 Å². The summed E-state index contributed by atoms with van der Waals surface area (Å²) in [6, 6.07) is 3.81. The average molecular weight is 195 g/mol. The molecule has 0 bridgehead atoms. The molecular formula is C10H13NO3. The highest BCUT2D eigenvalue weighted by atomic mass is 16.7. The van der Waals surface area contributed by atoms with Crippen molar-refractivity contribution in [2.24, 2.45) is 0 Å². The van der Waals surface area contributed by atoms with Gasteiger partial charge in [0.05, 0.1) is 7.11 Å². The number of anilines is 1. The Morgan fingerprint density at radius 1 is 1.43 bits per heavy atom. The standard InChI is InChI=1S/C10H13NO3/c1-3-11-7-4-8(12-2)10-9(5-7)13-6-14-10/h4-5,11H,3,6H2,1-2H3. The van der Waals surface area contributed by atoms with Gasteiger partial charge in [0.15, 0.2) is 11.5 Å². The van der Waals surface area contributed by atoms with E-state index in [1.165, 1.54) is 0 Å². The second kappa shape index (κ2) is 3.65. The average Bonchev–Trinajstić information content (AvgIpc) is 2.65. The first-order chi connectivity index (χ1) is 6.85. The molecule has 1 N–H and O–H groups in total. The molecule has 0 unspecified atom stereocenters. The van der Waals surface area contributed by atoms with E-state index in [4.69, 9.17) is 14.2 Å². The number of nitrogens with one attached hydrogen (secondary N) is 1. The maximum Gasteiger partial charge on any atom is 0.231 e. The summed E-state index contributed by atoms with van der Waals surface area (Å²) in [5, 5.41) is 3.20. The summed E-state index contributed by atoms with van der Waals surface area (Å²) in [6.07, 6.45) is 0. The van der Waals surface area contributed by atoms with Crippen LogP contribution in [0.3, 0.4) is 0 Å². The summed E-state index contributed by atoms with van der Waals surface area (Å²) in [5.41, 5.74) is 0.980. The van der Waals surface area contributed by atoms with E-state index < -0.39 is 0 Å². The first kappa shape index (κ1) is 8.99. The molecule has 76 valence electrons. The zero-order chi connectivity index (χ0) is 9.97. The van der Waals surface area contributed by atoms with Gasteiger partial charge in [-0.15, -0.1) is 0 Å². The van der Waals surface area contributed by atoms with Crippen LogP contribution in [0.15, 0.2) is 12.1 Å². The second-order valence-electron chi connectivity index (χ2n) is 2.94. The fourth-order valence-corrected chi connectivity index (χ4v) is 1.44. The molecule has 0 fully saturated rings. The minimum absolute atomic E-state index is 0.265. The Labute approximate surface area is 82.8 Å². The Kier molecular flexibility index (Phi) is 2.35. The smallest absolute Gasteiger partial charge is 0.231 e. The maximum atomic E-state index is 5.29. The number of rotatable bonds is 3. The van der Waals surface area contributed by atoms with Crippen LogP contribution in [0.25, 0.3) is 0 Å². The summed E-state index contributed by atoms with van der Waals surface area (Å²) in [5.74, 6) is 2.13. The van der Waals surface area contributed by atoms with Gasteiger partial charge in [-0.05, 0) is 6.92 Å². The van der Waals surface area contributed by atoms with Gasteiger partial charge in [0, 0.05) is 24.4 Å². The Balaban J connectivity index is 2.39.